The number of urea groups is 1. The fourth-order valence-corrected chi connectivity index (χ4v) is 4.78. The van der Waals surface area contributed by atoms with Crippen molar-refractivity contribution in [2.75, 3.05) is 50.0 Å². The molecule has 3 N–H and O–H groups in total. The molecule has 2 aromatic heterocycles. The summed E-state index contributed by atoms with van der Waals surface area (Å²) in [5, 5.41) is 13.6. The lowest BCUT2D eigenvalue weighted by Gasteiger charge is -2.26. The topological polar surface area (TPSA) is 109 Å². The summed E-state index contributed by atoms with van der Waals surface area (Å²) in [6.07, 6.45) is 4.59. The summed E-state index contributed by atoms with van der Waals surface area (Å²) in [7, 11) is 0. The second-order valence-electron chi connectivity index (χ2n) is 9.58. The molecule has 1 fully saturated rings. The van der Waals surface area contributed by atoms with Gasteiger partial charge in [0.15, 0.2) is 0 Å². The van der Waals surface area contributed by atoms with Gasteiger partial charge in [0, 0.05) is 61.4 Å². The Hall–Kier alpha value is -4.28. The van der Waals surface area contributed by atoms with E-state index in [1.165, 1.54) is 5.56 Å². The highest BCUT2D eigenvalue weighted by atomic mass is 16.5. The molecule has 0 aliphatic carbocycles. The van der Waals surface area contributed by atoms with E-state index in [9.17, 15) is 4.79 Å². The quantitative estimate of drug-likeness (QED) is 0.265. The molecule has 0 spiro atoms. The number of morpholine rings is 1. The number of rotatable bonds is 10. The van der Waals surface area contributed by atoms with Crippen LogP contribution < -0.4 is 16.0 Å². The molecule has 10 nitrogen and oxygen atoms in total. The standard InChI is InChI=1S/C30H36N8O2/c1-3-31-30(39)35-24-10-8-23(9-11-24)28-26(21-33-38(28)4-2)27-12-14-32-29(36-27)34-25-7-5-6-22(20-25)13-15-37-16-18-40-19-17-37/h5-12,14,20-21H,3-4,13,15-19H2,1-2H3,(H2,31,35,39)(H,32,34,36). The van der Waals surface area contributed by atoms with E-state index in [0.29, 0.717) is 19.0 Å². The third-order valence-corrected chi connectivity index (χ3v) is 6.83. The third kappa shape index (κ3) is 6.83. The second kappa shape index (κ2) is 13.2. The molecule has 10 heteroatoms. The van der Waals surface area contributed by atoms with Gasteiger partial charge in [0.05, 0.1) is 30.8 Å². The second-order valence-corrected chi connectivity index (χ2v) is 9.58. The summed E-state index contributed by atoms with van der Waals surface area (Å²) in [6.45, 7) is 9.85. The largest absolute Gasteiger partial charge is 0.379 e. The summed E-state index contributed by atoms with van der Waals surface area (Å²) in [5.74, 6) is 0.527. The summed E-state index contributed by atoms with van der Waals surface area (Å²) < 4.78 is 7.41. The summed E-state index contributed by atoms with van der Waals surface area (Å²) in [4.78, 5) is 23.6. The van der Waals surface area contributed by atoms with Crippen molar-refractivity contribution in [3.05, 3.63) is 72.6 Å². The monoisotopic (exact) mass is 540 g/mol. The van der Waals surface area contributed by atoms with E-state index in [4.69, 9.17) is 9.72 Å². The van der Waals surface area contributed by atoms with Crippen molar-refractivity contribution in [1.29, 1.82) is 0 Å². The number of nitrogens with one attached hydrogen (secondary N) is 3. The molecule has 2 aromatic carbocycles. The molecule has 2 amide bonds. The van der Waals surface area contributed by atoms with Gasteiger partial charge in [0.25, 0.3) is 0 Å². The van der Waals surface area contributed by atoms with Crippen molar-refractivity contribution in [2.24, 2.45) is 0 Å². The molecular formula is C30H36N8O2. The number of carbonyl (C=O) groups excluding carboxylic acids is 1. The maximum absolute atomic E-state index is 11.9. The Morgan fingerprint density at radius 3 is 2.62 bits per heavy atom. The van der Waals surface area contributed by atoms with Gasteiger partial charge in [-0.25, -0.2) is 14.8 Å². The van der Waals surface area contributed by atoms with E-state index < -0.39 is 0 Å². The van der Waals surface area contributed by atoms with Gasteiger partial charge < -0.3 is 20.7 Å². The first-order valence-corrected chi connectivity index (χ1v) is 13.8. The number of aromatic nitrogens is 4. The fraction of sp³-hybridized carbons (Fsp3) is 0.333. The Labute approximate surface area is 234 Å². The van der Waals surface area contributed by atoms with Gasteiger partial charge in [-0.2, -0.15) is 5.10 Å². The number of carbonyl (C=O) groups is 1. The number of aryl methyl sites for hydroxylation is 1. The van der Waals surface area contributed by atoms with Crippen LogP contribution in [-0.4, -0.2) is 70.1 Å². The number of nitrogens with zero attached hydrogens (tertiary/aromatic N) is 5. The minimum Gasteiger partial charge on any atom is -0.379 e. The molecular weight excluding hydrogens is 504 g/mol. The number of hydrogen-bond donors (Lipinski definition) is 3. The van der Waals surface area contributed by atoms with Crippen molar-refractivity contribution in [3.8, 4) is 22.5 Å². The zero-order chi connectivity index (χ0) is 27.7. The van der Waals surface area contributed by atoms with Crippen LogP contribution >= 0.6 is 0 Å². The highest BCUT2D eigenvalue weighted by Gasteiger charge is 2.16. The number of anilines is 3. The van der Waals surface area contributed by atoms with Crippen LogP contribution in [0.5, 0.6) is 0 Å². The molecule has 0 atom stereocenters. The molecule has 0 radical (unpaired) electrons. The third-order valence-electron chi connectivity index (χ3n) is 6.83. The lowest BCUT2D eigenvalue weighted by atomic mass is 10.0. The zero-order valence-electron chi connectivity index (χ0n) is 23.1. The van der Waals surface area contributed by atoms with Gasteiger partial charge >= 0.3 is 6.03 Å². The van der Waals surface area contributed by atoms with Gasteiger partial charge in [-0.3, -0.25) is 9.58 Å². The Morgan fingerprint density at radius 2 is 1.85 bits per heavy atom. The first kappa shape index (κ1) is 27.3. The summed E-state index contributed by atoms with van der Waals surface area (Å²) in [5.41, 5.74) is 6.58. The van der Waals surface area contributed by atoms with E-state index >= 15 is 0 Å². The molecule has 0 unspecified atom stereocenters. The lowest BCUT2D eigenvalue weighted by molar-refractivity contribution is 0.0384. The highest BCUT2D eigenvalue weighted by molar-refractivity contribution is 5.90. The van der Waals surface area contributed by atoms with Crippen LogP contribution in [0.3, 0.4) is 0 Å². The average molecular weight is 541 g/mol. The van der Waals surface area contributed by atoms with Crippen molar-refractivity contribution < 1.29 is 9.53 Å². The molecule has 1 aliphatic rings. The predicted octanol–water partition coefficient (Wildman–Crippen LogP) is 4.79. The van der Waals surface area contributed by atoms with Gasteiger partial charge in [-0.15, -0.1) is 0 Å². The van der Waals surface area contributed by atoms with E-state index in [1.54, 1.807) is 6.20 Å². The maximum atomic E-state index is 11.9. The number of hydrogen-bond acceptors (Lipinski definition) is 7. The van der Waals surface area contributed by atoms with E-state index in [0.717, 1.165) is 73.2 Å². The van der Waals surface area contributed by atoms with Crippen LogP contribution in [0.2, 0.25) is 0 Å². The molecule has 1 aliphatic heterocycles. The van der Waals surface area contributed by atoms with Gasteiger partial charge in [0.2, 0.25) is 5.95 Å². The van der Waals surface area contributed by atoms with Crippen LogP contribution in [0.4, 0.5) is 22.1 Å². The SMILES string of the molecule is CCNC(=O)Nc1ccc(-c2c(-c3ccnc(Nc4cccc(CCN5CCOCC5)c4)n3)cnn2CC)cc1. The van der Waals surface area contributed by atoms with E-state index in [2.05, 4.69) is 56.1 Å². The maximum Gasteiger partial charge on any atom is 0.319 e. The predicted molar refractivity (Wildman–Crippen MR) is 158 cm³/mol. The van der Waals surface area contributed by atoms with Gasteiger partial charge in [-0.1, -0.05) is 24.3 Å². The Kier molecular flexibility index (Phi) is 9.00. The van der Waals surface area contributed by atoms with Crippen LogP contribution in [0.15, 0.2) is 67.0 Å². The molecule has 40 heavy (non-hydrogen) atoms. The van der Waals surface area contributed by atoms with Crippen LogP contribution in [0, 0.1) is 0 Å². The summed E-state index contributed by atoms with van der Waals surface area (Å²) >= 11 is 0. The normalized spacial score (nSPS) is 13.7. The molecule has 3 heterocycles. The lowest BCUT2D eigenvalue weighted by Crippen LogP contribution is -2.37. The van der Waals surface area contributed by atoms with Crippen LogP contribution in [0.25, 0.3) is 22.5 Å². The fourth-order valence-electron chi connectivity index (χ4n) is 4.78. The first-order chi connectivity index (χ1) is 19.6. The number of amides is 2. The Bertz CT molecular complexity index is 1410. The minimum atomic E-state index is -0.224. The first-order valence-electron chi connectivity index (χ1n) is 13.8. The van der Waals surface area contributed by atoms with Crippen LogP contribution in [0.1, 0.15) is 19.4 Å². The Balaban J connectivity index is 1.32. The van der Waals surface area contributed by atoms with Gasteiger partial charge in [-0.05, 0) is 56.2 Å². The van der Waals surface area contributed by atoms with E-state index in [-0.39, 0.29) is 6.03 Å². The van der Waals surface area contributed by atoms with Gasteiger partial charge in [0.1, 0.15) is 0 Å². The minimum absolute atomic E-state index is 0.224. The van der Waals surface area contributed by atoms with Crippen molar-refractivity contribution in [1.82, 2.24) is 30.0 Å². The highest BCUT2D eigenvalue weighted by Crippen LogP contribution is 2.32. The Morgan fingerprint density at radius 1 is 1.02 bits per heavy atom. The molecule has 5 rings (SSSR count). The molecule has 4 aromatic rings. The van der Waals surface area contributed by atoms with Crippen LogP contribution in [-0.2, 0) is 17.7 Å². The molecule has 0 saturated carbocycles. The smallest absolute Gasteiger partial charge is 0.319 e. The number of benzene rings is 2. The molecule has 1 saturated heterocycles. The number of ether oxygens (including phenoxy) is 1. The average Bonchev–Trinajstić information content (AvgIpc) is 3.42. The van der Waals surface area contributed by atoms with Crippen molar-refractivity contribution in [3.63, 3.8) is 0 Å². The summed E-state index contributed by atoms with van der Waals surface area (Å²) in [6, 6.07) is 17.8. The van der Waals surface area contributed by atoms with Crippen molar-refractivity contribution in [2.45, 2.75) is 26.8 Å². The molecule has 208 valence electrons. The zero-order valence-corrected chi connectivity index (χ0v) is 23.1. The van der Waals surface area contributed by atoms with Crippen molar-refractivity contribution >= 4 is 23.4 Å². The van der Waals surface area contributed by atoms with E-state index in [1.807, 2.05) is 54.2 Å². The molecule has 0 bridgehead atoms.